The average Bonchev–Trinajstić information content (AvgIpc) is 2.74. The topological polar surface area (TPSA) is 34.4 Å². The molecule has 0 saturated carbocycles. The number of methoxy groups -OCH3 is 1. The van der Waals surface area contributed by atoms with Gasteiger partial charge in [0.05, 0.1) is 29.4 Å². The van der Waals surface area contributed by atoms with Crippen LogP contribution in [0.25, 0.3) is 0 Å². The number of rotatable bonds is 4. The highest BCUT2D eigenvalue weighted by Crippen LogP contribution is 2.28. The van der Waals surface area contributed by atoms with Gasteiger partial charge in [-0.05, 0) is 34.1 Å². The van der Waals surface area contributed by atoms with Crippen molar-refractivity contribution >= 4 is 33.2 Å². The predicted octanol–water partition coefficient (Wildman–Crippen LogP) is 4.32. The summed E-state index contributed by atoms with van der Waals surface area (Å²) in [7, 11) is 1.59. The Morgan fingerprint density at radius 1 is 1.41 bits per heavy atom. The van der Waals surface area contributed by atoms with E-state index < -0.39 is 0 Å². The Morgan fingerprint density at radius 3 is 2.88 bits per heavy atom. The molecule has 1 heterocycles. The third kappa shape index (κ3) is 2.96. The Hall–Kier alpha value is -1.13. The normalized spacial score (nSPS) is 10.3. The van der Waals surface area contributed by atoms with E-state index in [-0.39, 0.29) is 0 Å². The van der Waals surface area contributed by atoms with Gasteiger partial charge in [-0.2, -0.15) is 0 Å². The predicted molar refractivity (Wildman–Crippen MR) is 71.7 cm³/mol. The molecule has 0 aliphatic rings. The van der Waals surface area contributed by atoms with Crippen molar-refractivity contribution in [3.05, 3.63) is 45.8 Å². The molecule has 2 aromatic rings. The zero-order chi connectivity index (χ0) is 12.3. The number of furan rings is 1. The van der Waals surface area contributed by atoms with Crippen LogP contribution in [0.15, 0.2) is 39.4 Å². The highest BCUT2D eigenvalue weighted by atomic mass is 79.9. The standard InChI is InChI=1S/C12H11BrClNO2/c1-16-11-6-8(2-3-10(11)14)15-7-12-9(13)4-5-17-12/h2-6,15H,7H2,1H3. The number of hydrogen-bond donors (Lipinski definition) is 1. The summed E-state index contributed by atoms with van der Waals surface area (Å²) in [6.07, 6.45) is 1.64. The summed E-state index contributed by atoms with van der Waals surface area (Å²) >= 11 is 9.34. The molecule has 0 amide bonds. The highest BCUT2D eigenvalue weighted by Gasteiger charge is 2.05. The quantitative estimate of drug-likeness (QED) is 0.912. The summed E-state index contributed by atoms with van der Waals surface area (Å²) in [5.74, 6) is 1.49. The molecule has 1 aromatic carbocycles. The van der Waals surface area contributed by atoms with Crippen LogP contribution in [0, 0.1) is 0 Å². The van der Waals surface area contributed by atoms with Crippen molar-refractivity contribution in [2.24, 2.45) is 0 Å². The second-order valence-electron chi connectivity index (χ2n) is 3.39. The molecule has 0 unspecified atom stereocenters. The Kier molecular flexibility index (Phi) is 3.97. The fourth-order valence-electron chi connectivity index (χ4n) is 1.40. The number of nitrogens with one attached hydrogen (secondary N) is 1. The molecule has 17 heavy (non-hydrogen) atoms. The highest BCUT2D eigenvalue weighted by molar-refractivity contribution is 9.10. The molecule has 0 spiro atoms. The van der Waals surface area contributed by atoms with Crippen LogP contribution >= 0.6 is 27.5 Å². The van der Waals surface area contributed by atoms with Crippen LogP contribution in [0.1, 0.15) is 5.76 Å². The first-order chi connectivity index (χ1) is 8.20. The third-order valence-corrected chi connectivity index (χ3v) is 3.31. The third-order valence-electron chi connectivity index (χ3n) is 2.30. The molecule has 0 aliphatic carbocycles. The van der Waals surface area contributed by atoms with E-state index in [0.717, 1.165) is 15.9 Å². The number of ether oxygens (including phenoxy) is 1. The first-order valence-corrected chi connectivity index (χ1v) is 6.17. The Labute approximate surface area is 113 Å². The van der Waals surface area contributed by atoms with E-state index in [1.807, 2.05) is 18.2 Å². The lowest BCUT2D eigenvalue weighted by Crippen LogP contribution is -1.99. The van der Waals surface area contributed by atoms with Crippen molar-refractivity contribution in [3.63, 3.8) is 0 Å². The minimum Gasteiger partial charge on any atom is -0.495 e. The van der Waals surface area contributed by atoms with Gasteiger partial charge >= 0.3 is 0 Å². The van der Waals surface area contributed by atoms with Gasteiger partial charge in [0.15, 0.2) is 0 Å². The van der Waals surface area contributed by atoms with E-state index >= 15 is 0 Å². The van der Waals surface area contributed by atoms with Gasteiger partial charge < -0.3 is 14.5 Å². The molecule has 0 bridgehead atoms. The smallest absolute Gasteiger partial charge is 0.139 e. The minimum absolute atomic E-state index is 0.595. The Bertz CT molecular complexity index is 513. The molecule has 90 valence electrons. The molecule has 0 atom stereocenters. The SMILES string of the molecule is COc1cc(NCc2occc2Br)ccc1Cl. The number of halogens is 2. The van der Waals surface area contributed by atoms with E-state index in [4.69, 9.17) is 20.8 Å². The van der Waals surface area contributed by atoms with Crippen molar-refractivity contribution in [2.45, 2.75) is 6.54 Å². The summed E-state index contributed by atoms with van der Waals surface area (Å²) in [6, 6.07) is 7.39. The zero-order valence-electron chi connectivity index (χ0n) is 9.17. The van der Waals surface area contributed by atoms with Crippen LogP contribution < -0.4 is 10.1 Å². The van der Waals surface area contributed by atoms with Crippen LogP contribution in [0.2, 0.25) is 5.02 Å². The monoisotopic (exact) mass is 315 g/mol. The van der Waals surface area contributed by atoms with Crippen LogP contribution in [0.5, 0.6) is 5.75 Å². The lowest BCUT2D eigenvalue weighted by atomic mass is 10.3. The maximum absolute atomic E-state index is 5.94. The maximum Gasteiger partial charge on any atom is 0.139 e. The summed E-state index contributed by atoms with van der Waals surface area (Å²) in [5, 5.41) is 3.82. The van der Waals surface area contributed by atoms with E-state index in [1.54, 1.807) is 19.4 Å². The molecule has 0 radical (unpaired) electrons. The van der Waals surface area contributed by atoms with Gasteiger partial charge in [0, 0.05) is 11.8 Å². The van der Waals surface area contributed by atoms with Gasteiger partial charge in [-0.25, -0.2) is 0 Å². The molecule has 2 rings (SSSR count). The number of anilines is 1. The first kappa shape index (κ1) is 12.3. The van der Waals surface area contributed by atoms with Crippen LogP contribution in [-0.2, 0) is 6.54 Å². The van der Waals surface area contributed by atoms with Gasteiger partial charge in [0.1, 0.15) is 11.5 Å². The van der Waals surface area contributed by atoms with Crippen molar-refractivity contribution in [1.29, 1.82) is 0 Å². The average molecular weight is 317 g/mol. The molecule has 5 heteroatoms. The van der Waals surface area contributed by atoms with Gasteiger partial charge in [0.25, 0.3) is 0 Å². The Balaban J connectivity index is 2.07. The molecule has 0 fully saturated rings. The van der Waals surface area contributed by atoms with E-state index in [1.165, 1.54) is 0 Å². The zero-order valence-corrected chi connectivity index (χ0v) is 11.5. The van der Waals surface area contributed by atoms with Crippen molar-refractivity contribution in [1.82, 2.24) is 0 Å². The largest absolute Gasteiger partial charge is 0.495 e. The van der Waals surface area contributed by atoms with E-state index in [2.05, 4.69) is 21.2 Å². The number of hydrogen-bond acceptors (Lipinski definition) is 3. The van der Waals surface area contributed by atoms with Crippen LogP contribution in [0.3, 0.4) is 0 Å². The number of benzene rings is 1. The van der Waals surface area contributed by atoms with Crippen LogP contribution in [0.4, 0.5) is 5.69 Å². The summed E-state index contributed by atoms with van der Waals surface area (Å²) in [5.41, 5.74) is 0.926. The molecule has 0 saturated heterocycles. The first-order valence-electron chi connectivity index (χ1n) is 5.00. The summed E-state index contributed by atoms with van der Waals surface area (Å²) in [6.45, 7) is 0.596. The maximum atomic E-state index is 5.94. The second-order valence-corrected chi connectivity index (χ2v) is 4.66. The molecular formula is C12H11BrClNO2. The fourth-order valence-corrected chi connectivity index (χ4v) is 1.94. The molecule has 0 aliphatic heterocycles. The van der Waals surface area contributed by atoms with Gasteiger partial charge in [-0.3, -0.25) is 0 Å². The van der Waals surface area contributed by atoms with Crippen LogP contribution in [-0.4, -0.2) is 7.11 Å². The lowest BCUT2D eigenvalue weighted by Gasteiger charge is -2.08. The lowest BCUT2D eigenvalue weighted by molar-refractivity contribution is 0.415. The molecular weight excluding hydrogens is 305 g/mol. The van der Waals surface area contributed by atoms with Crippen molar-refractivity contribution in [3.8, 4) is 5.75 Å². The molecule has 3 nitrogen and oxygen atoms in total. The summed E-state index contributed by atoms with van der Waals surface area (Å²) in [4.78, 5) is 0. The second kappa shape index (κ2) is 5.47. The van der Waals surface area contributed by atoms with E-state index in [9.17, 15) is 0 Å². The van der Waals surface area contributed by atoms with Gasteiger partial charge in [-0.1, -0.05) is 11.6 Å². The minimum atomic E-state index is 0.595. The fraction of sp³-hybridized carbons (Fsp3) is 0.167. The van der Waals surface area contributed by atoms with Crippen molar-refractivity contribution in [2.75, 3.05) is 12.4 Å². The molecule has 1 aromatic heterocycles. The molecule has 1 N–H and O–H groups in total. The Morgan fingerprint density at radius 2 is 2.24 bits per heavy atom. The van der Waals surface area contributed by atoms with Gasteiger partial charge in [0.2, 0.25) is 0 Å². The van der Waals surface area contributed by atoms with E-state index in [0.29, 0.717) is 17.3 Å². The van der Waals surface area contributed by atoms with Gasteiger partial charge in [-0.15, -0.1) is 0 Å². The van der Waals surface area contributed by atoms with Crippen molar-refractivity contribution < 1.29 is 9.15 Å². The summed E-state index contributed by atoms with van der Waals surface area (Å²) < 4.78 is 11.4.